The Balaban J connectivity index is 1.05. The van der Waals surface area contributed by atoms with E-state index in [0.717, 1.165) is 48.9 Å². The van der Waals surface area contributed by atoms with Gasteiger partial charge in [0, 0.05) is 54.7 Å². The van der Waals surface area contributed by atoms with E-state index in [2.05, 4.69) is 28.5 Å². The van der Waals surface area contributed by atoms with Crippen LogP contribution in [-0.2, 0) is 14.8 Å². The summed E-state index contributed by atoms with van der Waals surface area (Å²) in [5, 5.41) is 0. The van der Waals surface area contributed by atoms with E-state index in [9.17, 15) is 18.0 Å². The first-order valence-corrected chi connectivity index (χ1v) is 22.1. The Hall–Kier alpha value is -3.83. The molecule has 4 aliphatic carbocycles. The van der Waals surface area contributed by atoms with Crippen LogP contribution in [0.15, 0.2) is 53.4 Å². The van der Waals surface area contributed by atoms with E-state index >= 15 is 0 Å². The van der Waals surface area contributed by atoms with Crippen LogP contribution >= 0.6 is 0 Å². The molecule has 1 N–H and O–H groups in total. The van der Waals surface area contributed by atoms with Crippen molar-refractivity contribution in [2.45, 2.75) is 121 Å². The number of hydrogen-bond acceptors (Lipinski definition) is 8. The molecule has 3 heterocycles. The number of aryl methyl sites for hydroxylation is 2. The molecule has 3 aromatic rings. The fourth-order valence-electron chi connectivity index (χ4n) is 11.9. The van der Waals surface area contributed by atoms with Crippen LogP contribution in [0.1, 0.15) is 106 Å². The van der Waals surface area contributed by atoms with Gasteiger partial charge in [-0.1, -0.05) is 51.0 Å². The molecule has 2 spiro atoms. The summed E-state index contributed by atoms with van der Waals surface area (Å²) in [4.78, 5) is 41.5. The molecule has 55 heavy (non-hydrogen) atoms. The van der Waals surface area contributed by atoms with E-state index in [1.807, 2.05) is 36.9 Å². The van der Waals surface area contributed by atoms with Crippen LogP contribution in [0, 0.1) is 42.4 Å². The van der Waals surface area contributed by atoms with E-state index < -0.39 is 16.1 Å². The van der Waals surface area contributed by atoms with Gasteiger partial charge in [-0.25, -0.2) is 18.1 Å². The lowest BCUT2D eigenvalue weighted by molar-refractivity contribution is -0.148. The summed E-state index contributed by atoms with van der Waals surface area (Å²) in [6.07, 6.45) is 12.1. The summed E-state index contributed by atoms with van der Waals surface area (Å²) >= 11 is 0. The van der Waals surface area contributed by atoms with E-state index in [0.29, 0.717) is 64.8 Å². The predicted molar refractivity (Wildman–Crippen MR) is 211 cm³/mol. The molecule has 2 unspecified atom stereocenters. The van der Waals surface area contributed by atoms with Gasteiger partial charge in [-0.05, 0) is 117 Å². The molecule has 9 rings (SSSR count). The SMILES string of the molecule is Cc1cccc(C)c1-c1cc2nc(n1)NS(=O)(=O)c1cccc(c1)C(=O)N1C[C@@H](CN(C3CC4(CCC(C5C(=O)CC56CCCC6)C4)C3)C[C@@H]1CC(C)C)O2. The monoisotopic (exact) mass is 765 g/mol. The fraction of sp³-hybridized carbons (Fsp3) is 0.591. The van der Waals surface area contributed by atoms with Crippen LogP contribution in [0.3, 0.4) is 0 Å². The highest BCUT2D eigenvalue weighted by Gasteiger charge is 2.61. The summed E-state index contributed by atoms with van der Waals surface area (Å²) in [6, 6.07) is 14.4. The van der Waals surface area contributed by atoms with E-state index in [1.165, 1.54) is 57.1 Å². The quantitative estimate of drug-likeness (QED) is 0.282. The van der Waals surface area contributed by atoms with Crippen LogP contribution in [-0.4, -0.2) is 77.7 Å². The number of rotatable bonds is 5. The predicted octanol–water partition coefficient (Wildman–Crippen LogP) is 7.59. The van der Waals surface area contributed by atoms with Crippen LogP contribution in [0.5, 0.6) is 5.88 Å². The average molecular weight is 766 g/mol. The molecule has 4 atom stereocenters. The van der Waals surface area contributed by atoms with Gasteiger partial charge in [-0.15, -0.1) is 0 Å². The topological polar surface area (TPSA) is 122 Å². The Kier molecular flexibility index (Phi) is 9.15. The number of sulfonamides is 1. The van der Waals surface area contributed by atoms with Crippen LogP contribution in [0.2, 0.25) is 0 Å². The minimum absolute atomic E-state index is 0.0216. The fourth-order valence-corrected chi connectivity index (χ4v) is 12.9. The summed E-state index contributed by atoms with van der Waals surface area (Å²) < 4.78 is 37.0. The Bertz CT molecular complexity index is 2100. The molecule has 5 fully saturated rings. The molecule has 0 radical (unpaired) electrons. The summed E-state index contributed by atoms with van der Waals surface area (Å²) in [5.41, 5.74) is 4.42. The van der Waals surface area contributed by atoms with Gasteiger partial charge < -0.3 is 9.64 Å². The van der Waals surface area contributed by atoms with Crippen molar-refractivity contribution in [1.29, 1.82) is 0 Å². The van der Waals surface area contributed by atoms with Gasteiger partial charge in [0.05, 0.1) is 17.1 Å². The zero-order valence-corrected chi connectivity index (χ0v) is 33.5. The Morgan fingerprint density at radius 3 is 2.40 bits per heavy atom. The second-order valence-electron chi connectivity index (χ2n) is 18.5. The number of carbonyl (C=O) groups is 2. The number of nitrogens with one attached hydrogen (secondary N) is 1. The van der Waals surface area contributed by atoms with Crippen molar-refractivity contribution in [3.05, 3.63) is 65.2 Å². The molecule has 4 saturated carbocycles. The van der Waals surface area contributed by atoms with E-state index in [-0.39, 0.29) is 28.7 Å². The van der Waals surface area contributed by atoms with Gasteiger partial charge in [0.2, 0.25) is 11.8 Å². The Morgan fingerprint density at radius 1 is 0.927 bits per heavy atom. The molecular weight excluding hydrogens is 711 g/mol. The molecule has 6 aliphatic rings. The van der Waals surface area contributed by atoms with Crippen LogP contribution in [0.25, 0.3) is 11.3 Å². The maximum Gasteiger partial charge on any atom is 0.264 e. The van der Waals surface area contributed by atoms with Crippen molar-refractivity contribution in [2.24, 2.45) is 28.6 Å². The normalized spacial score (nSPS) is 31.1. The first kappa shape index (κ1) is 36.8. The minimum Gasteiger partial charge on any atom is -0.471 e. The second kappa shape index (κ2) is 13.7. The molecule has 11 heteroatoms. The van der Waals surface area contributed by atoms with Crippen molar-refractivity contribution < 1.29 is 22.7 Å². The van der Waals surface area contributed by atoms with Gasteiger partial charge in [-0.2, -0.15) is 4.98 Å². The highest BCUT2D eigenvalue weighted by atomic mass is 32.2. The maximum atomic E-state index is 14.6. The number of nitrogens with zero attached hydrogens (tertiary/aromatic N) is 4. The summed E-state index contributed by atoms with van der Waals surface area (Å²) in [6.45, 7) is 10.1. The number of Topliss-reactive ketones (excluding diaryl/α,β-unsaturated/α-hetero) is 1. The zero-order valence-electron chi connectivity index (χ0n) is 32.7. The molecule has 1 saturated heterocycles. The zero-order chi connectivity index (χ0) is 38.3. The average Bonchev–Trinajstić information content (AvgIpc) is 3.73. The maximum absolute atomic E-state index is 14.6. The van der Waals surface area contributed by atoms with Gasteiger partial charge in [0.1, 0.15) is 11.9 Å². The third kappa shape index (κ3) is 6.66. The third-order valence-electron chi connectivity index (χ3n) is 14.3. The number of ketones is 1. The number of ether oxygens (including phenoxy) is 1. The van der Waals surface area contributed by atoms with Crippen molar-refractivity contribution in [3.63, 3.8) is 0 Å². The van der Waals surface area contributed by atoms with Crippen molar-refractivity contribution in [3.8, 4) is 17.1 Å². The molecule has 10 nitrogen and oxygen atoms in total. The van der Waals surface area contributed by atoms with E-state index in [1.54, 1.807) is 18.2 Å². The van der Waals surface area contributed by atoms with Gasteiger partial charge in [0.15, 0.2) is 0 Å². The molecule has 292 valence electrons. The first-order chi connectivity index (χ1) is 26.3. The number of anilines is 1. The van der Waals surface area contributed by atoms with Crippen molar-refractivity contribution >= 4 is 27.7 Å². The number of amides is 1. The van der Waals surface area contributed by atoms with E-state index in [4.69, 9.17) is 9.72 Å². The smallest absolute Gasteiger partial charge is 0.264 e. The van der Waals surface area contributed by atoms with Crippen molar-refractivity contribution in [1.82, 2.24) is 19.8 Å². The first-order valence-electron chi connectivity index (χ1n) is 20.6. The lowest BCUT2D eigenvalue weighted by atomic mass is 9.52. The largest absolute Gasteiger partial charge is 0.471 e. The number of aromatic nitrogens is 2. The summed E-state index contributed by atoms with van der Waals surface area (Å²) in [5.74, 6) is 1.69. The number of hydrogen-bond donors (Lipinski definition) is 1. The number of fused-ring (bicyclic) bond motifs is 6. The second-order valence-corrected chi connectivity index (χ2v) is 20.2. The number of benzene rings is 2. The van der Waals surface area contributed by atoms with Crippen LogP contribution in [0.4, 0.5) is 5.95 Å². The highest BCUT2D eigenvalue weighted by molar-refractivity contribution is 7.92. The molecule has 2 aliphatic heterocycles. The summed E-state index contributed by atoms with van der Waals surface area (Å²) in [7, 11) is -4.14. The molecule has 1 amide bonds. The molecule has 6 bridgehead atoms. The van der Waals surface area contributed by atoms with Gasteiger partial charge in [-0.3, -0.25) is 14.5 Å². The van der Waals surface area contributed by atoms with Gasteiger partial charge >= 0.3 is 0 Å². The molecule has 1 aromatic heterocycles. The Morgan fingerprint density at radius 2 is 1.67 bits per heavy atom. The standard InChI is InChI=1S/C44H55N5O5S/c1-27(2)17-32-24-48(33-21-43(22-33)16-13-31(20-43)40-37(50)23-44(40)14-5-6-15-44)25-34-26-49(32)41(51)30-11-8-12-35(18-30)55(52,53)47-42-45-36(19-38(46-42)54-34)39-28(3)9-7-10-29(39)4/h7-12,18-19,27,31-34,40H,5-6,13-17,20-26H2,1-4H3,(H,45,46,47)/t31?,32-,33?,34+,40?,43?/m0/s1. The third-order valence-corrected chi connectivity index (χ3v) is 15.6. The minimum atomic E-state index is -4.14. The van der Waals surface area contributed by atoms with Gasteiger partial charge in [0.25, 0.3) is 15.9 Å². The van der Waals surface area contributed by atoms with Crippen LogP contribution < -0.4 is 9.46 Å². The Labute approximate surface area is 325 Å². The molecule has 2 aromatic carbocycles. The highest BCUT2D eigenvalue weighted by Crippen LogP contribution is 2.65. The lowest BCUT2D eigenvalue weighted by Gasteiger charge is -2.53. The lowest BCUT2D eigenvalue weighted by Crippen LogP contribution is -2.54. The molecular formula is C44H55N5O5S. The number of carbonyl (C=O) groups excluding carboxylic acids is 2. The van der Waals surface area contributed by atoms with Crippen molar-refractivity contribution in [2.75, 3.05) is 24.4 Å².